The highest BCUT2D eigenvalue weighted by atomic mass is 16.5. The molecule has 2 aliphatic rings. The maximum absolute atomic E-state index is 12.0. The molecule has 2 aromatic carbocycles. The van der Waals surface area contributed by atoms with E-state index in [1.807, 2.05) is 12.1 Å². The van der Waals surface area contributed by atoms with Crippen molar-refractivity contribution in [2.24, 2.45) is 0 Å². The van der Waals surface area contributed by atoms with E-state index in [2.05, 4.69) is 47.0 Å². The van der Waals surface area contributed by atoms with Crippen LogP contribution in [0.15, 0.2) is 48.5 Å². The Morgan fingerprint density at radius 3 is 2.35 bits per heavy atom. The van der Waals surface area contributed by atoms with Crippen molar-refractivity contribution in [3.63, 3.8) is 0 Å². The minimum absolute atomic E-state index is 0.120. The average Bonchev–Trinajstić information content (AvgIpc) is 3.19. The van der Waals surface area contributed by atoms with Crippen LogP contribution in [0.4, 0.5) is 4.79 Å². The standard InChI is InChI=1S/C19H20N2O2/c22-19(21-13-9-10-20-11-13)23-12-18-16-7-3-1-5-14(16)15-6-2-4-8-17(15)18/h1-8,13,18,20H,9-12H2,(H,21,22)/t13-/m0/s1. The van der Waals surface area contributed by atoms with E-state index in [-0.39, 0.29) is 18.1 Å². The summed E-state index contributed by atoms with van der Waals surface area (Å²) in [6.07, 6.45) is 0.644. The summed E-state index contributed by atoms with van der Waals surface area (Å²) in [6, 6.07) is 16.9. The quantitative estimate of drug-likeness (QED) is 0.916. The number of carbonyl (C=O) groups is 1. The molecule has 23 heavy (non-hydrogen) atoms. The van der Waals surface area contributed by atoms with Crippen LogP contribution in [-0.2, 0) is 4.74 Å². The van der Waals surface area contributed by atoms with Crippen molar-refractivity contribution in [2.75, 3.05) is 19.7 Å². The Hall–Kier alpha value is -2.33. The van der Waals surface area contributed by atoms with Crippen LogP contribution in [0.2, 0.25) is 0 Å². The van der Waals surface area contributed by atoms with Crippen LogP contribution in [-0.4, -0.2) is 31.8 Å². The van der Waals surface area contributed by atoms with Crippen LogP contribution in [0.25, 0.3) is 11.1 Å². The Morgan fingerprint density at radius 1 is 1.09 bits per heavy atom. The zero-order chi connectivity index (χ0) is 15.6. The summed E-state index contributed by atoms with van der Waals surface area (Å²) in [6.45, 7) is 2.15. The van der Waals surface area contributed by atoms with Gasteiger partial charge < -0.3 is 15.4 Å². The summed E-state index contributed by atoms with van der Waals surface area (Å²) < 4.78 is 5.52. The highest BCUT2D eigenvalue weighted by Crippen LogP contribution is 2.44. The van der Waals surface area contributed by atoms with Crippen molar-refractivity contribution in [2.45, 2.75) is 18.4 Å². The largest absolute Gasteiger partial charge is 0.449 e. The van der Waals surface area contributed by atoms with E-state index in [4.69, 9.17) is 4.74 Å². The van der Waals surface area contributed by atoms with E-state index in [9.17, 15) is 4.79 Å². The van der Waals surface area contributed by atoms with Crippen molar-refractivity contribution >= 4 is 6.09 Å². The minimum atomic E-state index is -0.319. The van der Waals surface area contributed by atoms with Gasteiger partial charge in [-0.1, -0.05) is 48.5 Å². The number of amides is 1. The normalized spacial score (nSPS) is 19.2. The second-order valence-corrected chi connectivity index (χ2v) is 6.16. The number of fused-ring (bicyclic) bond motifs is 3. The van der Waals surface area contributed by atoms with Crippen molar-refractivity contribution in [1.29, 1.82) is 0 Å². The molecule has 1 aliphatic carbocycles. The number of ether oxygens (including phenoxy) is 1. The smallest absolute Gasteiger partial charge is 0.407 e. The second-order valence-electron chi connectivity index (χ2n) is 6.16. The van der Waals surface area contributed by atoms with Crippen molar-refractivity contribution in [3.8, 4) is 11.1 Å². The molecule has 1 aliphatic heterocycles. The Labute approximate surface area is 135 Å². The molecule has 0 radical (unpaired) electrons. The summed E-state index contributed by atoms with van der Waals surface area (Å²) in [4.78, 5) is 12.0. The number of nitrogens with one attached hydrogen (secondary N) is 2. The first-order valence-corrected chi connectivity index (χ1v) is 8.15. The van der Waals surface area contributed by atoms with Gasteiger partial charge in [0.1, 0.15) is 6.61 Å². The molecular weight excluding hydrogens is 288 g/mol. The minimum Gasteiger partial charge on any atom is -0.449 e. The first-order valence-electron chi connectivity index (χ1n) is 8.15. The van der Waals surface area contributed by atoms with Gasteiger partial charge in [0.15, 0.2) is 0 Å². The first kappa shape index (κ1) is 14.3. The lowest BCUT2D eigenvalue weighted by Gasteiger charge is -2.16. The molecule has 4 heteroatoms. The zero-order valence-corrected chi connectivity index (χ0v) is 12.9. The molecule has 1 atom stereocenters. The molecule has 0 bridgehead atoms. The number of rotatable bonds is 3. The summed E-state index contributed by atoms with van der Waals surface area (Å²) in [5.41, 5.74) is 4.97. The van der Waals surface area contributed by atoms with Crippen molar-refractivity contribution in [3.05, 3.63) is 59.7 Å². The van der Waals surface area contributed by atoms with E-state index in [1.54, 1.807) is 0 Å². The Balaban J connectivity index is 1.49. The fourth-order valence-electron chi connectivity index (χ4n) is 3.58. The first-order chi connectivity index (χ1) is 11.3. The topological polar surface area (TPSA) is 50.4 Å². The molecule has 1 heterocycles. The lowest BCUT2D eigenvalue weighted by atomic mass is 9.98. The molecule has 1 saturated heterocycles. The molecule has 0 aromatic heterocycles. The molecular formula is C19H20N2O2. The third-order valence-electron chi connectivity index (χ3n) is 4.73. The number of benzene rings is 2. The highest BCUT2D eigenvalue weighted by Gasteiger charge is 2.29. The zero-order valence-electron chi connectivity index (χ0n) is 12.9. The van der Waals surface area contributed by atoms with Crippen LogP contribution in [0.3, 0.4) is 0 Å². The molecule has 0 saturated carbocycles. The molecule has 118 valence electrons. The van der Waals surface area contributed by atoms with Gasteiger partial charge in [-0.2, -0.15) is 0 Å². The van der Waals surface area contributed by atoms with Gasteiger partial charge in [0.2, 0.25) is 0 Å². The van der Waals surface area contributed by atoms with Crippen molar-refractivity contribution < 1.29 is 9.53 Å². The molecule has 0 spiro atoms. The molecule has 4 rings (SSSR count). The van der Waals surface area contributed by atoms with Gasteiger partial charge >= 0.3 is 6.09 Å². The Kier molecular flexibility index (Phi) is 3.75. The fourth-order valence-corrected chi connectivity index (χ4v) is 3.58. The number of hydrogen-bond donors (Lipinski definition) is 2. The van der Waals surface area contributed by atoms with E-state index in [0.29, 0.717) is 6.61 Å². The Bertz CT molecular complexity index is 677. The van der Waals surface area contributed by atoms with E-state index >= 15 is 0 Å². The second kappa shape index (κ2) is 6.05. The summed E-state index contributed by atoms with van der Waals surface area (Å²) in [7, 11) is 0. The number of hydrogen-bond acceptors (Lipinski definition) is 3. The Morgan fingerprint density at radius 2 is 1.74 bits per heavy atom. The average molecular weight is 308 g/mol. The third-order valence-corrected chi connectivity index (χ3v) is 4.73. The van der Waals surface area contributed by atoms with Gasteiger partial charge in [0.05, 0.1) is 0 Å². The van der Waals surface area contributed by atoms with Crippen LogP contribution in [0.5, 0.6) is 0 Å². The maximum Gasteiger partial charge on any atom is 0.407 e. The van der Waals surface area contributed by atoms with Crippen LogP contribution in [0.1, 0.15) is 23.5 Å². The SMILES string of the molecule is O=C(N[C@H]1CCNC1)OCC1c2ccccc2-c2ccccc21. The highest BCUT2D eigenvalue weighted by molar-refractivity contribution is 5.79. The molecule has 1 fully saturated rings. The van der Waals surface area contributed by atoms with Gasteiger partial charge in [-0.3, -0.25) is 0 Å². The number of carbonyl (C=O) groups excluding carboxylic acids is 1. The van der Waals surface area contributed by atoms with Crippen LogP contribution in [0, 0.1) is 0 Å². The maximum atomic E-state index is 12.0. The van der Waals surface area contributed by atoms with E-state index < -0.39 is 0 Å². The molecule has 2 aromatic rings. The predicted molar refractivity (Wildman–Crippen MR) is 89.5 cm³/mol. The summed E-state index contributed by atoms with van der Waals surface area (Å²) in [5.74, 6) is 0.120. The van der Waals surface area contributed by atoms with Crippen LogP contribution >= 0.6 is 0 Å². The molecule has 2 N–H and O–H groups in total. The lowest BCUT2D eigenvalue weighted by molar-refractivity contribution is 0.139. The molecule has 1 amide bonds. The summed E-state index contributed by atoms with van der Waals surface area (Å²) in [5, 5.41) is 6.16. The predicted octanol–water partition coefficient (Wildman–Crippen LogP) is 2.89. The van der Waals surface area contributed by atoms with Gasteiger partial charge in [-0.15, -0.1) is 0 Å². The lowest BCUT2D eigenvalue weighted by Crippen LogP contribution is -2.37. The summed E-state index contributed by atoms with van der Waals surface area (Å²) >= 11 is 0. The third kappa shape index (κ3) is 2.70. The van der Waals surface area contributed by atoms with E-state index in [0.717, 1.165) is 19.5 Å². The fraction of sp³-hybridized carbons (Fsp3) is 0.316. The number of alkyl carbamates (subject to hydrolysis) is 1. The monoisotopic (exact) mass is 308 g/mol. The van der Waals surface area contributed by atoms with Gasteiger partial charge in [0.25, 0.3) is 0 Å². The van der Waals surface area contributed by atoms with Crippen LogP contribution < -0.4 is 10.6 Å². The molecule has 4 nitrogen and oxygen atoms in total. The van der Waals surface area contributed by atoms with Gasteiger partial charge in [-0.05, 0) is 35.2 Å². The van der Waals surface area contributed by atoms with Crippen molar-refractivity contribution in [1.82, 2.24) is 10.6 Å². The van der Waals surface area contributed by atoms with Gasteiger partial charge in [0, 0.05) is 18.5 Å². The van der Waals surface area contributed by atoms with E-state index in [1.165, 1.54) is 22.3 Å². The van der Waals surface area contributed by atoms with Gasteiger partial charge in [-0.25, -0.2) is 4.79 Å². The molecule has 0 unspecified atom stereocenters.